The molecule has 134 valence electrons. The number of hydrogen-bond donors (Lipinski definition) is 1. The summed E-state index contributed by atoms with van der Waals surface area (Å²) in [5.74, 6) is 1.00. The van der Waals surface area contributed by atoms with Crippen molar-refractivity contribution < 1.29 is 14.3 Å². The minimum absolute atomic E-state index is 0.263. The lowest BCUT2D eigenvalue weighted by atomic mass is 10.1. The molecule has 3 aromatic rings. The molecule has 0 fully saturated rings. The lowest BCUT2D eigenvalue weighted by Gasteiger charge is -2.07. The van der Waals surface area contributed by atoms with Crippen LogP contribution in [0.5, 0.6) is 0 Å². The van der Waals surface area contributed by atoms with Crippen LogP contribution >= 0.6 is 23.1 Å². The molecule has 0 aliphatic heterocycles. The Balaban J connectivity index is 1.37. The molecule has 4 nitrogen and oxygen atoms in total. The molecule has 0 radical (unpaired) electrons. The molecule has 1 aromatic heterocycles. The normalized spacial score (nSPS) is 10.6. The van der Waals surface area contributed by atoms with Crippen molar-refractivity contribution in [3.05, 3.63) is 70.4 Å². The van der Waals surface area contributed by atoms with Gasteiger partial charge in [0, 0.05) is 22.9 Å². The number of esters is 1. The number of nitrogens with one attached hydrogen (secondary N) is 1. The summed E-state index contributed by atoms with van der Waals surface area (Å²) in [4.78, 5) is 25.2. The molecule has 0 spiro atoms. The van der Waals surface area contributed by atoms with Crippen LogP contribution in [0.25, 0.3) is 10.8 Å². The molecule has 0 aliphatic carbocycles. The number of fused-ring (bicyclic) bond motifs is 1. The third-order valence-corrected chi connectivity index (χ3v) is 5.78. The molecule has 6 heteroatoms. The number of carbonyl (C=O) groups excluding carboxylic acids is 2. The maximum atomic E-state index is 12.1. The molecule has 0 saturated carbocycles. The highest BCUT2D eigenvalue weighted by Crippen LogP contribution is 2.17. The van der Waals surface area contributed by atoms with Crippen LogP contribution < -0.4 is 5.32 Å². The number of ether oxygens (including phenoxy) is 1. The van der Waals surface area contributed by atoms with Crippen molar-refractivity contribution >= 4 is 45.7 Å². The first kappa shape index (κ1) is 18.5. The first-order valence-electron chi connectivity index (χ1n) is 8.25. The average Bonchev–Trinajstić information content (AvgIpc) is 3.19. The molecule has 1 N–H and O–H groups in total. The van der Waals surface area contributed by atoms with E-state index in [-0.39, 0.29) is 12.5 Å². The maximum Gasteiger partial charge on any atom is 0.338 e. The van der Waals surface area contributed by atoms with Gasteiger partial charge in [-0.05, 0) is 34.4 Å². The van der Waals surface area contributed by atoms with Gasteiger partial charge in [-0.25, -0.2) is 4.79 Å². The van der Waals surface area contributed by atoms with Crippen molar-refractivity contribution in [3.8, 4) is 0 Å². The van der Waals surface area contributed by atoms with Gasteiger partial charge < -0.3 is 10.1 Å². The van der Waals surface area contributed by atoms with Crippen molar-refractivity contribution in [2.75, 3.05) is 18.9 Å². The van der Waals surface area contributed by atoms with E-state index in [4.69, 9.17) is 4.74 Å². The van der Waals surface area contributed by atoms with Gasteiger partial charge >= 0.3 is 5.97 Å². The number of thiophene rings is 1. The van der Waals surface area contributed by atoms with Gasteiger partial charge in [0.1, 0.15) is 0 Å². The van der Waals surface area contributed by atoms with Gasteiger partial charge in [-0.2, -0.15) is 11.8 Å². The number of thioether (sulfide) groups is 1. The predicted molar refractivity (Wildman–Crippen MR) is 108 cm³/mol. The van der Waals surface area contributed by atoms with Crippen LogP contribution in [-0.4, -0.2) is 30.8 Å². The summed E-state index contributed by atoms with van der Waals surface area (Å²) < 4.78 is 5.10. The molecular formula is C20H19NO3S2. The summed E-state index contributed by atoms with van der Waals surface area (Å²) in [6, 6.07) is 17.3. The molecular weight excluding hydrogens is 366 g/mol. The lowest BCUT2D eigenvalue weighted by molar-refractivity contribution is -0.124. The standard InChI is InChI=1S/C20H19NO3S2/c22-19(21-9-11-25-14-18-6-3-10-26-18)13-24-20(23)17-8-7-15-4-1-2-5-16(15)12-17/h1-8,10,12H,9,11,13-14H2,(H,21,22). The molecule has 1 amide bonds. The monoisotopic (exact) mass is 385 g/mol. The maximum absolute atomic E-state index is 12.1. The SMILES string of the molecule is O=C(COC(=O)c1ccc2ccccc2c1)NCCSCc1cccs1. The van der Waals surface area contributed by atoms with Gasteiger partial charge in [0.2, 0.25) is 0 Å². The highest BCUT2D eigenvalue weighted by atomic mass is 32.2. The predicted octanol–water partition coefficient (Wildman–Crippen LogP) is 4.11. The van der Waals surface area contributed by atoms with Crippen molar-refractivity contribution in [3.63, 3.8) is 0 Å². The van der Waals surface area contributed by atoms with E-state index in [1.54, 1.807) is 35.2 Å². The van der Waals surface area contributed by atoms with Gasteiger partial charge in [0.05, 0.1) is 5.56 Å². The third-order valence-electron chi connectivity index (χ3n) is 3.71. The van der Waals surface area contributed by atoms with E-state index in [0.29, 0.717) is 12.1 Å². The van der Waals surface area contributed by atoms with Crippen LogP contribution in [0.2, 0.25) is 0 Å². The Morgan fingerprint density at radius 3 is 2.69 bits per heavy atom. The van der Waals surface area contributed by atoms with Gasteiger partial charge in [0.25, 0.3) is 5.91 Å². The summed E-state index contributed by atoms with van der Waals surface area (Å²) in [7, 11) is 0. The molecule has 0 saturated heterocycles. The lowest BCUT2D eigenvalue weighted by Crippen LogP contribution is -2.30. The number of benzene rings is 2. The molecule has 2 aromatic carbocycles. The third kappa shape index (κ3) is 5.34. The highest BCUT2D eigenvalue weighted by molar-refractivity contribution is 7.98. The van der Waals surface area contributed by atoms with Crippen LogP contribution in [0, 0.1) is 0 Å². The molecule has 0 unspecified atom stereocenters. The Morgan fingerprint density at radius 1 is 1.04 bits per heavy atom. The molecule has 3 rings (SSSR count). The first-order valence-corrected chi connectivity index (χ1v) is 10.3. The van der Waals surface area contributed by atoms with Crippen molar-refractivity contribution in [2.45, 2.75) is 5.75 Å². The fourth-order valence-corrected chi connectivity index (χ4v) is 4.11. The van der Waals surface area contributed by atoms with Crippen LogP contribution in [0.15, 0.2) is 60.0 Å². The largest absolute Gasteiger partial charge is 0.452 e. The second-order valence-electron chi connectivity index (χ2n) is 5.62. The number of hydrogen-bond acceptors (Lipinski definition) is 5. The van der Waals surface area contributed by atoms with Crippen LogP contribution in [0.3, 0.4) is 0 Å². The van der Waals surface area contributed by atoms with E-state index in [1.807, 2.05) is 36.4 Å². The van der Waals surface area contributed by atoms with E-state index in [1.165, 1.54) is 4.88 Å². The zero-order valence-corrected chi connectivity index (χ0v) is 15.8. The van der Waals surface area contributed by atoms with Crippen molar-refractivity contribution in [2.24, 2.45) is 0 Å². The van der Waals surface area contributed by atoms with Crippen molar-refractivity contribution in [1.82, 2.24) is 5.32 Å². The Morgan fingerprint density at radius 2 is 1.88 bits per heavy atom. The van der Waals surface area contributed by atoms with E-state index in [2.05, 4.69) is 16.8 Å². The quantitative estimate of drug-likeness (QED) is 0.468. The fourth-order valence-electron chi connectivity index (χ4n) is 2.41. The molecule has 0 aliphatic rings. The van der Waals surface area contributed by atoms with Gasteiger partial charge in [-0.1, -0.05) is 36.4 Å². The average molecular weight is 386 g/mol. The van der Waals surface area contributed by atoms with E-state index >= 15 is 0 Å². The zero-order chi connectivity index (χ0) is 18.2. The second kappa shape index (κ2) is 9.40. The topological polar surface area (TPSA) is 55.4 Å². The molecule has 26 heavy (non-hydrogen) atoms. The first-order chi connectivity index (χ1) is 12.7. The Kier molecular flexibility index (Phi) is 6.68. The van der Waals surface area contributed by atoms with E-state index in [9.17, 15) is 9.59 Å². The second-order valence-corrected chi connectivity index (χ2v) is 7.76. The van der Waals surface area contributed by atoms with Gasteiger partial charge in [-0.3, -0.25) is 4.79 Å². The Hall–Kier alpha value is -2.31. The summed E-state index contributed by atoms with van der Waals surface area (Å²) in [6.07, 6.45) is 0. The van der Waals surface area contributed by atoms with E-state index in [0.717, 1.165) is 22.3 Å². The summed E-state index contributed by atoms with van der Waals surface area (Å²) in [5.41, 5.74) is 0.447. The number of amides is 1. The number of rotatable bonds is 8. The smallest absolute Gasteiger partial charge is 0.338 e. The minimum Gasteiger partial charge on any atom is -0.452 e. The summed E-state index contributed by atoms with van der Waals surface area (Å²) in [6.45, 7) is 0.295. The molecule has 0 atom stereocenters. The highest BCUT2D eigenvalue weighted by Gasteiger charge is 2.10. The van der Waals surface area contributed by atoms with Crippen molar-refractivity contribution in [1.29, 1.82) is 0 Å². The fraction of sp³-hybridized carbons (Fsp3) is 0.200. The number of carbonyl (C=O) groups is 2. The molecule has 1 heterocycles. The van der Waals surface area contributed by atoms with Crippen LogP contribution in [0.4, 0.5) is 0 Å². The van der Waals surface area contributed by atoms with Crippen LogP contribution in [0.1, 0.15) is 15.2 Å². The summed E-state index contributed by atoms with van der Waals surface area (Å²) >= 11 is 3.49. The summed E-state index contributed by atoms with van der Waals surface area (Å²) in [5, 5.41) is 6.85. The minimum atomic E-state index is -0.488. The zero-order valence-electron chi connectivity index (χ0n) is 14.1. The molecule has 0 bridgehead atoms. The van der Waals surface area contributed by atoms with Gasteiger partial charge in [-0.15, -0.1) is 11.3 Å². The van der Waals surface area contributed by atoms with Crippen LogP contribution in [-0.2, 0) is 15.3 Å². The Bertz CT molecular complexity index is 878. The van der Waals surface area contributed by atoms with E-state index < -0.39 is 5.97 Å². The van der Waals surface area contributed by atoms with Gasteiger partial charge in [0.15, 0.2) is 6.61 Å². The Labute approximate surface area is 160 Å².